The normalized spacial score (nSPS) is 16.8. The average Bonchev–Trinajstić information content (AvgIpc) is 2.10. The van der Waals surface area contributed by atoms with Gasteiger partial charge in [-0.2, -0.15) is 0 Å². The first-order chi connectivity index (χ1) is 7.56. The van der Waals surface area contributed by atoms with Gasteiger partial charge >= 0.3 is 15.2 Å². The van der Waals surface area contributed by atoms with Crippen molar-refractivity contribution in [2.45, 2.75) is 44.4 Å². The third-order valence-corrected chi connectivity index (χ3v) is 4.90. The molecule has 0 aromatic heterocycles. The first kappa shape index (κ1) is 17.3. The van der Waals surface area contributed by atoms with Crippen LogP contribution in [0.4, 0.5) is 0 Å². The SMILES string of the molecule is CCC(CC(O)CCCP(=O)(O)O)P(=O)(O)O. The minimum Gasteiger partial charge on any atom is -0.393 e. The standard InChI is InChI=1S/C8H20O7P2/c1-2-8(17(13,14)15)6-7(9)4-3-5-16(10,11)12/h7-9H,2-6H2,1H3,(H2,10,11,12)(H2,13,14,15). The summed E-state index contributed by atoms with van der Waals surface area (Å²) in [5.41, 5.74) is -0.896. The van der Waals surface area contributed by atoms with Crippen LogP contribution in [0.5, 0.6) is 0 Å². The molecule has 0 aromatic carbocycles. The lowest BCUT2D eigenvalue weighted by molar-refractivity contribution is 0.147. The molecule has 0 aliphatic heterocycles. The van der Waals surface area contributed by atoms with Crippen LogP contribution in [0, 0.1) is 0 Å². The summed E-state index contributed by atoms with van der Waals surface area (Å²) >= 11 is 0. The van der Waals surface area contributed by atoms with E-state index in [-0.39, 0.29) is 31.8 Å². The summed E-state index contributed by atoms with van der Waals surface area (Å²) in [4.78, 5) is 35.1. The van der Waals surface area contributed by atoms with Crippen LogP contribution in [-0.4, -0.2) is 42.6 Å². The van der Waals surface area contributed by atoms with Gasteiger partial charge in [-0.15, -0.1) is 0 Å². The van der Waals surface area contributed by atoms with E-state index in [1.165, 1.54) is 0 Å². The second-order valence-corrected chi connectivity index (χ2v) is 7.76. The fraction of sp³-hybridized carbons (Fsp3) is 1.00. The molecule has 0 aliphatic rings. The zero-order chi connectivity index (χ0) is 13.7. The molecule has 0 bridgehead atoms. The van der Waals surface area contributed by atoms with Crippen LogP contribution >= 0.6 is 15.2 Å². The molecule has 2 atom stereocenters. The molecule has 0 saturated heterocycles. The highest BCUT2D eigenvalue weighted by atomic mass is 31.2. The summed E-state index contributed by atoms with van der Waals surface area (Å²) in [5.74, 6) is 0. The fourth-order valence-electron chi connectivity index (χ4n) is 1.51. The molecule has 0 heterocycles. The van der Waals surface area contributed by atoms with Gasteiger partial charge in [-0.05, 0) is 25.7 Å². The molecule has 0 saturated carbocycles. The van der Waals surface area contributed by atoms with Gasteiger partial charge in [0.15, 0.2) is 0 Å². The van der Waals surface area contributed by atoms with E-state index in [9.17, 15) is 14.2 Å². The highest BCUT2D eigenvalue weighted by Crippen LogP contribution is 2.45. The third kappa shape index (κ3) is 8.91. The molecular formula is C8H20O7P2. The smallest absolute Gasteiger partial charge is 0.328 e. The Kier molecular flexibility index (Phi) is 7.11. The molecular weight excluding hydrogens is 270 g/mol. The maximum absolute atomic E-state index is 11.0. The lowest BCUT2D eigenvalue weighted by Crippen LogP contribution is -2.18. The van der Waals surface area contributed by atoms with Crippen LogP contribution < -0.4 is 0 Å². The van der Waals surface area contributed by atoms with Crippen LogP contribution in [0.3, 0.4) is 0 Å². The Morgan fingerprint density at radius 2 is 1.65 bits per heavy atom. The average molecular weight is 290 g/mol. The summed E-state index contributed by atoms with van der Waals surface area (Å²) in [6, 6.07) is 0. The van der Waals surface area contributed by atoms with Crippen LogP contribution in [0.15, 0.2) is 0 Å². The van der Waals surface area contributed by atoms with E-state index in [2.05, 4.69) is 0 Å². The zero-order valence-corrected chi connectivity index (χ0v) is 11.4. The summed E-state index contributed by atoms with van der Waals surface area (Å²) in [6.07, 6.45) is -0.817. The van der Waals surface area contributed by atoms with Gasteiger partial charge in [0, 0.05) is 6.16 Å². The molecule has 7 nitrogen and oxygen atoms in total. The highest BCUT2D eigenvalue weighted by Gasteiger charge is 2.29. The van der Waals surface area contributed by atoms with E-state index in [1.54, 1.807) is 6.92 Å². The van der Waals surface area contributed by atoms with E-state index in [0.29, 0.717) is 0 Å². The van der Waals surface area contributed by atoms with Gasteiger partial charge in [0.1, 0.15) is 0 Å². The number of hydrogen-bond acceptors (Lipinski definition) is 3. The topological polar surface area (TPSA) is 135 Å². The Bertz CT molecular complexity index is 307. The summed E-state index contributed by atoms with van der Waals surface area (Å²) in [5, 5.41) is 9.51. The van der Waals surface area contributed by atoms with Crippen molar-refractivity contribution < 1.29 is 33.8 Å². The summed E-state index contributed by atoms with van der Waals surface area (Å²) in [6.45, 7) is 1.62. The Balaban J connectivity index is 4.05. The van der Waals surface area contributed by atoms with Crippen LogP contribution in [0.1, 0.15) is 32.6 Å². The van der Waals surface area contributed by atoms with E-state index in [4.69, 9.17) is 19.6 Å². The molecule has 0 radical (unpaired) electrons. The molecule has 5 N–H and O–H groups in total. The van der Waals surface area contributed by atoms with Crippen molar-refractivity contribution >= 4 is 15.2 Å². The minimum absolute atomic E-state index is 0.0536. The molecule has 0 rings (SSSR count). The molecule has 17 heavy (non-hydrogen) atoms. The second kappa shape index (κ2) is 7.00. The summed E-state index contributed by atoms with van der Waals surface area (Å²) in [7, 11) is -8.27. The van der Waals surface area contributed by atoms with Gasteiger partial charge in [0.2, 0.25) is 0 Å². The quantitative estimate of drug-likeness (QED) is 0.414. The molecule has 0 spiro atoms. The lowest BCUT2D eigenvalue weighted by atomic mass is 10.1. The number of aliphatic hydroxyl groups is 1. The molecule has 0 fully saturated rings. The fourth-order valence-corrected chi connectivity index (χ4v) is 3.09. The van der Waals surface area contributed by atoms with E-state index < -0.39 is 27.0 Å². The van der Waals surface area contributed by atoms with E-state index >= 15 is 0 Å². The largest absolute Gasteiger partial charge is 0.393 e. The lowest BCUT2D eigenvalue weighted by Gasteiger charge is -2.19. The van der Waals surface area contributed by atoms with Gasteiger partial charge in [-0.1, -0.05) is 6.92 Å². The van der Waals surface area contributed by atoms with E-state index in [1.807, 2.05) is 0 Å². The number of hydrogen-bond donors (Lipinski definition) is 5. The van der Waals surface area contributed by atoms with Crippen molar-refractivity contribution in [3.63, 3.8) is 0 Å². The first-order valence-electron chi connectivity index (χ1n) is 5.34. The third-order valence-electron chi connectivity index (χ3n) is 2.48. The maximum Gasteiger partial charge on any atom is 0.328 e. The van der Waals surface area contributed by atoms with Gasteiger partial charge < -0.3 is 24.7 Å². The molecule has 9 heteroatoms. The van der Waals surface area contributed by atoms with Crippen LogP contribution in [0.25, 0.3) is 0 Å². The molecule has 2 unspecified atom stereocenters. The predicted octanol–water partition coefficient (Wildman–Crippen LogP) is 0.652. The summed E-state index contributed by atoms with van der Waals surface area (Å²) < 4.78 is 21.5. The van der Waals surface area contributed by atoms with Gasteiger partial charge in [-0.3, -0.25) is 9.13 Å². The highest BCUT2D eigenvalue weighted by molar-refractivity contribution is 7.52. The predicted molar refractivity (Wildman–Crippen MR) is 62.9 cm³/mol. The number of rotatable bonds is 8. The Hall–Kier alpha value is 0.260. The first-order valence-corrected chi connectivity index (χ1v) is 8.82. The van der Waals surface area contributed by atoms with Gasteiger partial charge in [0.25, 0.3) is 0 Å². The molecule has 0 amide bonds. The number of aliphatic hydroxyl groups excluding tert-OH is 1. The Morgan fingerprint density at radius 3 is 2.00 bits per heavy atom. The Morgan fingerprint density at radius 1 is 1.12 bits per heavy atom. The van der Waals surface area contributed by atoms with Crippen molar-refractivity contribution in [2.24, 2.45) is 0 Å². The zero-order valence-electron chi connectivity index (χ0n) is 9.64. The van der Waals surface area contributed by atoms with Gasteiger partial charge in [-0.25, -0.2) is 0 Å². The second-order valence-electron chi connectivity index (χ2n) is 4.07. The molecule has 0 aromatic rings. The van der Waals surface area contributed by atoms with Crippen molar-refractivity contribution in [1.82, 2.24) is 0 Å². The Labute approximate surface area is 100 Å². The van der Waals surface area contributed by atoms with Crippen molar-refractivity contribution in [1.29, 1.82) is 0 Å². The minimum atomic E-state index is -4.21. The van der Waals surface area contributed by atoms with Crippen molar-refractivity contribution in [3.05, 3.63) is 0 Å². The van der Waals surface area contributed by atoms with Crippen molar-refractivity contribution in [2.75, 3.05) is 6.16 Å². The van der Waals surface area contributed by atoms with E-state index in [0.717, 1.165) is 0 Å². The van der Waals surface area contributed by atoms with Crippen LogP contribution in [0.2, 0.25) is 0 Å². The maximum atomic E-state index is 11.0. The molecule has 0 aliphatic carbocycles. The van der Waals surface area contributed by atoms with Gasteiger partial charge in [0.05, 0.1) is 11.8 Å². The van der Waals surface area contributed by atoms with Crippen LogP contribution in [-0.2, 0) is 9.13 Å². The molecule has 104 valence electrons. The van der Waals surface area contributed by atoms with Crippen molar-refractivity contribution in [3.8, 4) is 0 Å². The monoisotopic (exact) mass is 290 g/mol.